The van der Waals surface area contributed by atoms with Gasteiger partial charge in [-0.3, -0.25) is 19.3 Å². The zero-order chi connectivity index (χ0) is 20.8. The molecule has 1 aliphatic rings. The maximum atomic E-state index is 12.5. The quantitative estimate of drug-likeness (QED) is 0.706. The van der Waals surface area contributed by atoms with Gasteiger partial charge >= 0.3 is 0 Å². The summed E-state index contributed by atoms with van der Waals surface area (Å²) in [5, 5.41) is 2.37. The van der Waals surface area contributed by atoms with Crippen LogP contribution in [-0.2, 0) is 9.59 Å². The second kappa shape index (κ2) is 9.43. The number of carbonyl (C=O) groups is 3. The van der Waals surface area contributed by atoms with Gasteiger partial charge in [0.05, 0.1) is 4.91 Å². The maximum absolute atomic E-state index is 12.5. The second-order valence-electron chi connectivity index (χ2n) is 6.61. The Morgan fingerprint density at radius 2 is 1.83 bits per heavy atom. The molecule has 1 N–H and O–H groups in total. The Balaban J connectivity index is 1.51. The molecule has 2 aromatic rings. The number of imide groups is 1. The molecule has 3 rings (SSSR count). The van der Waals surface area contributed by atoms with Crippen LogP contribution in [0.5, 0.6) is 5.75 Å². The van der Waals surface area contributed by atoms with E-state index in [4.69, 9.17) is 4.74 Å². The number of nitrogens with one attached hydrogen (secondary N) is 1. The fourth-order valence-electron chi connectivity index (χ4n) is 2.70. The third kappa shape index (κ3) is 5.48. The molecule has 0 radical (unpaired) electrons. The van der Waals surface area contributed by atoms with Gasteiger partial charge in [-0.1, -0.05) is 48.0 Å². The lowest BCUT2D eigenvalue weighted by molar-refractivity contribution is -0.128. The fraction of sp³-hybridized carbons (Fsp3) is 0.227. The van der Waals surface area contributed by atoms with E-state index >= 15 is 0 Å². The Bertz CT molecular complexity index is 926. The first-order chi connectivity index (χ1) is 13.9. The molecule has 7 heteroatoms. The molecule has 0 bridgehead atoms. The monoisotopic (exact) mass is 410 g/mol. The van der Waals surface area contributed by atoms with E-state index < -0.39 is 6.10 Å². The predicted molar refractivity (Wildman–Crippen MR) is 113 cm³/mol. The lowest BCUT2D eigenvalue weighted by Crippen LogP contribution is -2.41. The van der Waals surface area contributed by atoms with E-state index in [0.717, 1.165) is 27.8 Å². The van der Waals surface area contributed by atoms with E-state index in [1.54, 1.807) is 25.1 Å². The summed E-state index contributed by atoms with van der Waals surface area (Å²) in [5.74, 6) is -0.0539. The molecule has 3 amide bonds. The Kier molecular flexibility index (Phi) is 6.72. The van der Waals surface area contributed by atoms with Crippen molar-refractivity contribution in [2.24, 2.45) is 0 Å². The molecule has 1 atom stereocenters. The van der Waals surface area contributed by atoms with Crippen molar-refractivity contribution in [3.8, 4) is 5.75 Å². The number of benzene rings is 2. The van der Waals surface area contributed by atoms with Crippen LogP contribution in [0.2, 0.25) is 0 Å². The van der Waals surface area contributed by atoms with Gasteiger partial charge in [0.15, 0.2) is 6.10 Å². The zero-order valence-electron chi connectivity index (χ0n) is 16.3. The molecular formula is C22H22N2O4S. The van der Waals surface area contributed by atoms with E-state index in [-0.39, 0.29) is 30.1 Å². The predicted octanol–water partition coefficient (Wildman–Crippen LogP) is 3.62. The minimum absolute atomic E-state index is 0.111. The van der Waals surface area contributed by atoms with Gasteiger partial charge in [0.1, 0.15) is 5.75 Å². The summed E-state index contributed by atoms with van der Waals surface area (Å²) in [6.07, 6.45) is 1.02. The van der Waals surface area contributed by atoms with Crippen LogP contribution in [-0.4, -0.2) is 41.1 Å². The van der Waals surface area contributed by atoms with Gasteiger partial charge in [0.2, 0.25) is 0 Å². The molecule has 1 aliphatic heterocycles. The van der Waals surface area contributed by atoms with Crippen molar-refractivity contribution in [2.75, 3.05) is 13.1 Å². The summed E-state index contributed by atoms with van der Waals surface area (Å²) in [4.78, 5) is 38.4. The van der Waals surface area contributed by atoms with Crippen molar-refractivity contribution in [1.82, 2.24) is 10.2 Å². The minimum Gasteiger partial charge on any atom is -0.481 e. The number of amides is 3. The normalized spacial score (nSPS) is 16.2. The maximum Gasteiger partial charge on any atom is 0.293 e. The first kappa shape index (κ1) is 20.7. The lowest BCUT2D eigenvalue weighted by atomic mass is 10.1. The Hall–Kier alpha value is -3.06. The molecule has 0 unspecified atom stereocenters. The molecule has 0 spiro atoms. The number of aryl methyl sites for hydroxylation is 1. The molecule has 1 heterocycles. The van der Waals surface area contributed by atoms with Gasteiger partial charge in [-0.25, -0.2) is 0 Å². The van der Waals surface area contributed by atoms with Crippen LogP contribution >= 0.6 is 11.8 Å². The summed E-state index contributed by atoms with van der Waals surface area (Å²) in [6.45, 7) is 3.90. The summed E-state index contributed by atoms with van der Waals surface area (Å²) in [6, 6.07) is 16.7. The topological polar surface area (TPSA) is 75.7 Å². The number of thioether (sulfide) groups is 1. The van der Waals surface area contributed by atoms with Gasteiger partial charge in [-0.15, -0.1) is 0 Å². The van der Waals surface area contributed by atoms with E-state index in [1.165, 1.54) is 0 Å². The lowest BCUT2D eigenvalue weighted by Gasteiger charge is -2.16. The van der Waals surface area contributed by atoms with Crippen LogP contribution in [0.15, 0.2) is 59.5 Å². The molecular weight excluding hydrogens is 388 g/mol. The number of hydrogen-bond donors (Lipinski definition) is 1. The van der Waals surface area contributed by atoms with Crippen LogP contribution in [0.3, 0.4) is 0 Å². The van der Waals surface area contributed by atoms with Crippen LogP contribution < -0.4 is 10.1 Å². The molecule has 6 nitrogen and oxygen atoms in total. The highest BCUT2D eigenvalue weighted by Gasteiger charge is 2.34. The molecule has 29 heavy (non-hydrogen) atoms. The van der Waals surface area contributed by atoms with Crippen molar-refractivity contribution >= 4 is 34.9 Å². The second-order valence-corrected chi connectivity index (χ2v) is 7.60. The number of carbonyl (C=O) groups excluding carboxylic acids is 3. The molecule has 0 aromatic heterocycles. The fourth-order valence-corrected chi connectivity index (χ4v) is 3.56. The molecule has 150 valence electrons. The van der Waals surface area contributed by atoms with Crippen molar-refractivity contribution in [2.45, 2.75) is 20.0 Å². The number of ether oxygens (including phenoxy) is 1. The van der Waals surface area contributed by atoms with Gasteiger partial charge in [0.25, 0.3) is 17.1 Å². The SMILES string of the molecule is Cc1ccc(/C=C2\SC(=O)N(CCNC(=O)[C@H](C)Oc3ccccc3)C2=O)cc1. The summed E-state index contributed by atoms with van der Waals surface area (Å²) < 4.78 is 5.56. The number of hydrogen-bond acceptors (Lipinski definition) is 5. The summed E-state index contributed by atoms with van der Waals surface area (Å²) >= 11 is 0.909. The highest BCUT2D eigenvalue weighted by Crippen LogP contribution is 2.31. The zero-order valence-corrected chi connectivity index (χ0v) is 17.1. The number of para-hydroxylation sites is 1. The van der Waals surface area contributed by atoms with E-state index in [1.807, 2.05) is 49.4 Å². The molecule has 0 saturated carbocycles. The average Bonchev–Trinajstić information content (AvgIpc) is 2.97. The van der Waals surface area contributed by atoms with Gasteiger partial charge in [-0.05, 0) is 49.4 Å². The van der Waals surface area contributed by atoms with Crippen molar-refractivity contribution in [1.29, 1.82) is 0 Å². The smallest absolute Gasteiger partial charge is 0.293 e. The van der Waals surface area contributed by atoms with Crippen LogP contribution in [0.4, 0.5) is 4.79 Å². The Morgan fingerprint density at radius 3 is 2.52 bits per heavy atom. The van der Waals surface area contributed by atoms with Crippen molar-refractivity contribution in [3.05, 3.63) is 70.6 Å². The van der Waals surface area contributed by atoms with E-state index in [9.17, 15) is 14.4 Å². The van der Waals surface area contributed by atoms with E-state index in [2.05, 4.69) is 5.32 Å². The van der Waals surface area contributed by atoms with Crippen LogP contribution in [0, 0.1) is 6.92 Å². The molecule has 0 aliphatic carbocycles. The highest BCUT2D eigenvalue weighted by molar-refractivity contribution is 8.18. The Morgan fingerprint density at radius 1 is 1.14 bits per heavy atom. The molecule has 1 saturated heterocycles. The first-order valence-electron chi connectivity index (χ1n) is 9.25. The van der Waals surface area contributed by atoms with Crippen molar-refractivity contribution in [3.63, 3.8) is 0 Å². The largest absolute Gasteiger partial charge is 0.481 e. The van der Waals surface area contributed by atoms with Gasteiger partial charge in [-0.2, -0.15) is 0 Å². The first-order valence-corrected chi connectivity index (χ1v) is 10.1. The van der Waals surface area contributed by atoms with E-state index in [0.29, 0.717) is 10.7 Å². The third-order valence-corrected chi connectivity index (χ3v) is 5.22. The van der Waals surface area contributed by atoms with Crippen molar-refractivity contribution < 1.29 is 19.1 Å². The molecule has 1 fully saturated rings. The number of rotatable bonds is 7. The summed E-state index contributed by atoms with van der Waals surface area (Å²) in [7, 11) is 0. The third-order valence-electron chi connectivity index (χ3n) is 4.31. The highest BCUT2D eigenvalue weighted by atomic mass is 32.2. The van der Waals surface area contributed by atoms with Gasteiger partial charge in [0, 0.05) is 13.1 Å². The molecule has 2 aromatic carbocycles. The van der Waals surface area contributed by atoms with Crippen LogP contribution in [0.25, 0.3) is 6.08 Å². The minimum atomic E-state index is -0.686. The Labute approximate surface area is 173 Å². The average molecular weight is 410 g/mol. The van der Waals surface area contributed by atoms with Gasteiger partial charge < -0.3 is 10.1 Å². The van der Waals surface area contributed by atoms with Crippen LogP contribution in [0.1, 0.15) is 18.1 Å². The summed E-state index contributed by atoms with van der Waals surface area (Å²) in [5.41, 5.74) is 1.98. The number of nitrogens with zero attached hydrogens (tertiary/aromatic N) is 1. The standard InChI is InChI=1S/C22H22N2O4S/c1-15-8-10-17(11-9-15)14-19-21(26)24(22(27)29-19)13-12-23-20(25)16(2)28-18-6-4-3-5-7-18/h3-11,14,16H,12-13H2,1-2H3,(H,23,25)/b19-14-/t16-/m0/s1.